The second-order valence-electron chi connectivity index (χ2n) is 5.77. The standard InChI is InChI=1S/C19H20N2O3/c1-13-4-10-18(14(2)12-13)15(3)20-19(22)11-7-16-5-8-17(9-6-16)21(23)24/h4-12,15H,1-3H3,(H,20,22)/b11-7+/t15-/m0/s1. The summed E-state index contributed by atoms with van der Waals surface area (Å²) in [5, 5.41) is 13.5. The van der Waals surface area contributed by atoms with Gasteiger partial charge in [-0.05, 0) is 55.7 Å². The second kappa shape index (κ2) is 7.55. The Morgan fingerprint density at radius 3 is 2.42 bits per heavy atom. The van der Waals surface area contributed by atoms with Gasteiger partial charge in [0, 0.05) is 18.2 Å². The maximum atomic E-state index is 12.0. The highest BCUT2D eigenvalue weighted by molar-refractivity contribution is 5.92. The summed E-state index contributed by atoms with van der Waals surface area (Å²) >= 11 is 0. The average Bonchev–Trinajstić information content (AvgIpc) is 2.53. The SMILES string of the molecule is Cc1ccc([C@H](C)NC(=O)/C=C/c2ccc([N+](=O)[O-])cc2)c(C)c1. The van der Waals surface area contributed by atoms with E-state index in [9.17, 15) is 14.9 Å². The molecule has 0 saturated carbocycles. The number of nitrogens with zero attached hydrogens (tertiary/aromatic N) is 1. The van der Waals surface area contributed by atoms with Crippen molar-refractivity contribution in [2.45, 2.75) is 26.8 Å². The largest absolute Gasteiger partial charge is 0.346 e. The van der Waals surface area contributed by atoms with E-state index in [1.807, 2.05) is 32.9 Å². The third-order valence-electron chi connectivity index (χ3n) is 3.78. The molecule has 0 aliphatic carbocycles. The van der Waals surface area contributed by atoms with Gasteiger partial charge >= 0.3 is 0 Å². The van der Waals surface area contributed by atoms with Crippen molar-refractivity contribution in [3.8, 4) is 0 Å². The van der Waals surface area contributed by atoms with Crippen molar-refractivity contribution in [2.75, 3.05) is 0 Å². The number of carbonyl (C=O) groups is 1. The topological polar surface area (TPSA) is 72.2 Å². The summed E-state index contributed by atoms with van der Waals surface area (Å²) in [4.78, 5) is 22.2. The zero-order valence-corrected chi connectivity index (χ0v) is 13.9. The minimum atomic E-state index is -0.453. The molecule has 24 heavy (non-hydrogen) atoms. The second-order valence-corrected chi connectivity index (χ2v) is 5.77. The molecule has 124 valence electrons. The molecule has 0 aromatic heterocycles. The van der Waals surface area contributed by atoms with E-state index in [0.717, 1.165) is 16.7 Å². The molecule has 5 heteroatoms. The molecule has 0 aliphatic heterocycles. The summed E-state index contributed by atoms with van der Waals surface area (Å²) < 4.78 is 0. The fraction of sp³-hybridized carbons (Fsp3) is 0.211. The van der Waals surface area contributed by atoms with Gasteiger partial charge in [-0.3, -0.25) is 14.9 Å². The molecule has 2 rings (SSSR count). The molecule has 2 aromatic rings. The Balaban J connectivity index is 2.00. The van der Waals surface area contributed by atoms with E-state index in [1.165, 1.54) is 23.8 Å². The number of nitrogens with one attached hydrogen (secondary N) is 1. The smallest absolute Gasteiger partial charge is 0.269 e. The Labute approximate surface area is 141 Å². The van der Waals surface area contributed by atoms with Crippen LogP contribution in [0.4, 0.5) is 5.69 Å². The van der Waals surface area contributed by atoms with E-state index >= 15 is 0 Å². The maximum absolute atomic E-state index is 12.0. The predicted molar refractivity (Wildman–Crippen MR) is 94.6 cm³/mol. The first-order valence-electron chi connectivity index (χ1n) is 7.67. The Bertz CT molecular complexity index is 780. The summed E-state index contributed by atoms with van der Waals surface area (Å²) in [5.74, 6) is -0.208. The van der Waals surface area contributed by atoms with Gasteiger partial charge in [0.15, 0.2) is 0 Å². The fourth-order valence-electron chi connectivity index (χ4n) is 2.53. The minimum Gasteiger partial charge on any atom is -0.346 e. The van der Waals surface area contributed by atoms with Crippen LogP contribution in [-0.4, -0.2) is 10.8 Å². The van der Waals surface area contributed by atoms with Crippen molar-refractivity contribution in [1.82, 2.24) is 5.32 Å². The van der Waals surface area contributed by atoms with Crippen LogP contribution < -0.4 is 5.32 Å². The molecule has 0 heterocycles. The minimum absolute atomic E-state index is 0.0278. The molecule has 0 aliphatic rings. The normalized spacial score (nSPS) is 12.1. The molecule has 1 atom stereocenters. The van der Waals surface area contributed by atoms with Crippen molar-refractivity contribution >= 4 is 17.7 Å². The molecule has 1 amide bonds. The summed E-state index contributed by atoms with van der Waals surface area (Å²) in [5.41, 5.74) is 4.17. The highest BCUT2D eigenvalue weighted by Gasteiger charge is 2.10. The number of amides is 1. The quantitative estimate of drug-likeness (QED) is 0.511. The number of aryl methyl sites for hydroxylation is 2. The van der Waals surface area contributed by atoms with E-state index in [1.54, 1.807) is 18.2 Å². The van der Waals surface area contributed by atoms with Gasteiger partial charge in [0.25, 0.3) is 5.69 Å². The van der Waals surface area contributed by atoms with E-state index in [2.05, 4.69) is 11.4 Å². The van der Waals surface area contributed by atoms with Gasteiger partial charge in [0.05, 0.1) is 11.0 Å². The third kappa shape index (κ3) is 4.52. The predicted octanol–water partition coefficient (Wildman–Crippen LogP) is 4.10. The van der Waals surface area contributed by atoms with Crippen molar-refractivity contribution in [3.05, 3.63) is 80.9 Å². The summed E-state index contributed by atoms with van der Waals surface area (Å²) in [6, 6.07) is 12.1. The number of rotatable bonds is 5. The number of carbonyl (C=O) groups excluding carboxylic acids is 1. The van der Waals surface area contributed by atoms with E-state index in [0.29, 0.717) is 0 Å². The van der Waals surface area contributed by atoms with Crippen molar-refractivity contribution in [1.29, 1.82) is 0 Å². The van der Waals surface area contributed by atoms with E-state index < -0.39 is 4.92 Å². The monoisotopic (exact) mass is 324 g/mol. The van der Waals surface area contributed by atoms with Gasteiger partial charge in [0.1, 0.15) is 0 Å². The lowest BCUT2D eigenvalue weighted by Crippen LogP contribution is -2.25. The number of non-ortho nitro benzene ring substituents is 1. The first-order chi connectivity index (χ1) is 11.4. The van der Waals surface area contributed by atoms with Crippen molar-refractivity contribution < 1.29 is 9.72 Å². The Hall–Kier alpha value is -2.95. The third-order valence-corrected chi connectivity index (χ3v) is 3.78. The van der Waals surface area contributed by atoms with Crippen molar-refractivity contribution in [2.24, 2.45) is 0 Å². The number of nitro benzene ring substituents is 1. The zero-order chi connectivity index (χ0) is 17.7. The van der Waals surface area contributed by atoms with Crippen LogP contribution in [-0.2, 0) is 4.79 Å². The lowest BCUT2D eigenvalue weighted by atomic mass is 10.0. The number of nitro groups is 1. The maximum Gasteiger partial charge on any atom is 0.269 e. The molecule has 0 spiro atoms. The zero-order valence-electron chi connectivity index (χ0n) is 13.9. The van der Waals surface area contributed by atoms with E-state index in [-0.39, 0.29) is 17.6 Å². The molecule has 0 unspecified atom stereocenters. The highest BCUT2D eigenvalue weighted by atomic mass is 16.6. The van der Waals surface area contributed by atoms with Crippen molar-refractivity contribution in [3.63, 3.8) is 0 Å². The Kier molecular flexibility index (Phi) is 5.47. The van der Waals surface area contributed by atoms with Crippen LogP contribution in [0.15, 0.2) is 48.5 Å². The number of hydrogen-bond donors (Lipinski definition) is 1. The van der Waals surface area contributed by atoms with Crippen LogP contribution in [0, 0.1) is 24.0 Å². The molecule has 0 radical (unpaired) electrons. The average molecular weight is 324 g/mol. The molecule has 0 saturated heterocycles. The van der Waals surface area contributed by atoms with Gasteiger partial charge in [-0.25, -0.2) is 0 Å². The van der Waals surface area contributed by atoms with Crippen LogP contribution in [0.2, 0.25) is 0 Å². The highest BCUT2D eigenvalue weighted by Crippen LogP contribution is 2.18. The summed E-state index contributed by atoms with van der Waals surface area (Å²) in [6.45, 7) is 6.00. The Morgan fingerprint density at radius 1 is 1.17 bits per heavy atom. The molecule has 1 N–H and O–H groups in total. The first kappa shape index (κ1) is 17.4. The molecular weight excluding hydrogens is 304 g/mol. The molecule has 0 bridgehead atoms. The van der Waals surface area contributed by atoms with Gasteiger partial charge in [-0.15, -0.1) is 0 Å². The molecular formula is C19H20N2O3. The summed E-state index contributed by atoms with van der Waals surface area (Å²) in [7, 11) is 0. The van der Waals surface area contributed by atoms with Crippen LogP contribution in [0.1, 0.15) is 35.2 Å². The van der Waals surface area contributed by atoms with E-state index in [4.69, 9.17) is 0 Å². The van der Waals surface area contributed by atoms with Crippen LogP contribution >= 0.6 is 0 Å². The van der Waals surface area contributed by atoms with Crippen LogP contribution in [0.5, 0.6) is 0 Å². The Morgan fingerprint density at radius 2 is 1.83 bits per heavy atom. The lowest BCUT2D eigenvalue weighted by molar-refractivity contribution is -0.384. The molecule has 2 aromatic carbocycles. The van der Waals surface area contributed by atoms with Crippen LogP contribution in [0.25, 0.3) is 6.08 Å². The number of hydrogen-bond acceptors (Lipinski definition) is 3. The molecule has 0 fully saturated rings. The van der Waals surface area contributed by atoms with Gasteiger partial charge in [0.2, 0.25) is 5.91 Å². The summed E-state index contributed by atoms with van der Waals surface area (Å²) in [6.07, 6.45) is 3.06. The first-order valence-corrected chi connectivity index (χ1v) is 7.67. The van der Waals surface area contributed by atoms with Gasteiger partial charge in [-0.2, -0.15) is 0 Å². The van der Waals surface area contributed by atoms with Crippen LogP contribution in [0.3, 0.4) is 0 Å². The van der Waals surface area contributed by atoms with Gasteiger partial charge in [-0.1, -0.05) is 23.8 Å². The lowest BCUT2D eigenvalue weighted by Gasteiger charge is -2.16. The fourth-order valence-corrected chi connectivity index (χ4v) is 2.53. The van der Waals surface area contributed by atoms with Gasteiger partial charge < -0.3 is 5.32 Å². The number of benzene rings is 2. The molecule has 5 nitrogen and oxygen atoms in total.